The van der Waals surface area contributed by atoms with Gasteiger partial charge >= 0.3 is 0 Å². The van der Waals surface area contributed by atoms with Gasteiger partial charge < -0.3 is 9.80 Å². The Hall–Kier alpha value is -1.84. The quantitative estimate of drug-likeness (QED) is 0.839. The van der Waals surface area contributed by atoms with E-state index >= 15 is 0 Å². The van der Waals surface area contributed by atoms with Crippen LogP contribution in [0.25, 0.3) is 0 Å². The highest BCUT2D eigenvalue weighted by molar-refractivity contribution is 5.93. The summed E-state index contributed by atoms with van der Waals surface area (Å²) >= 11 is 0. The van der Waals surface area contributed by atoms with Crippen LogP contribution in [-0.4, -0.2) is 36.3 Å². The van der Waals surface area contributed by atoms with Crippen molar-refractivity contribution < 1.29 is 9.59 Å². The number of benzene rings is 1. The lowest BCUT2D eigenvalue weighted by atomic mass is 10.1. The highest BCUT2D eigenvalue weighted by atomic mass is 16.2. The molecule has 1 aromatic rings. The number of amides is 2. The van der Waals surface area contributed by atoms with Gasteiger partial charge in [0.15, 0.2) is 0 Å². The topological polar surface area (TPSA) is 40.6 Å². The van der Waals surface area contributed by atoms with E-state index in [0.717, 1.165) is 43.6 Å². The molecule has 0 saturated carbocycles. The molecule has 0 N–H and O–H groups in total. The van der Waals surface area contributed by atoms with E-state index in [0.29, 0.717) is 13.0 Å². The Balaban J connectivity index is 2.03. The summed E-state index contributed by atoms with van der Waals surface area (Å²) in [4.78, 5) is 28.0. The van der Waals surface area contributed by atoms with Gasteiger partial charge in [0.25, 0.3) is 0 Å². The summed E-state index contributed by atoms with van der Waals surface area (Å²) < 4.78 is 0. The van der Waals surface area contributed by atoms with Crippen molar-refractivity contribution in [3.8, 4) is 0 Å². The second-order valence-corrected chi connectivity index (χ2v) is 5.84. The first-order chi connectivity index (χ1) is 10.6. The van der Waals surface area contributed by atoms with Gasteiger partial charge in [-0.05, 0) is 37.3 Å². The van der Waals surface area contributed by atoms with E-state index in [4.69, 9.17) is 0 Å². The molecule has 0 unspecified atom stereocenters. The predicted molar refractivity (Wildman–Crippen MR) is 88.9 cm³/mol. The first-order valence-electron chi connectivity index (χ1n) is 8.27. The van der Waals surface area contributed by atoms with Crippen LogP contribution in [0.2, 0.25) is 0 Å². The molecule has 0 radical (unpaired) electrons. The minimum absolute atomic E-state index is 0.00709. The number of piperidine rings is 1. The summed E-state index contributed by atoms with van der Waals surface area (Å²) in [5.41, 5.74) is 2.08. The maximum Gasteiger partial charge on any atom is 0.224 e. The number of carbonyl (C=O) groups excluding carboxylic acids is 2. The fraction of sp³-hybridized carbons (Fsp3) is 0.556. The first kappa shape index (κ1) is 16.5. The van der Waals surface area contributed by atoms with Gasteiger partial charge in [-0.2, -0.15) is 0 Å². The molecule has 22 heavy (non-hydrogen) atoms. The van der Waals surface area contributed by atoms with Crippen LogP contribution in [0.4, 0.5) is 5.69 Å². The third kappa shape index (κ3) is 4.09. The monoisotopic (exact) mass is 302 g/mol. The second-order valence-electron chi connectivity index (χ2n) is 5.84. The van der Waals surface area contributed by atoms with Crippen LogP contribution in [-0.2, 0) is 16.0 Å². The van der Waals surface area contributed by atoms with E-state index in [9.17, 15) is 9.59 Å². The maximum absolute atomic E-state index is 12.3. The van der Waals surface area contributed by atoms with Crippen molar-refractivity contribution in [2.75, 3.05) is 24.5 Å². The minimum Gasteiger partial charge on any atom is -0.343 e. The Labute approximate surface area is 133 Å². The minimum atomic E-state index is -0.00709. The number of aryl methyl sites for hydroxylation is 1. The standard InChI is InChI=1S/C18H26N2O2/c1-3-16-9-5-6-10-17(16)20(15(2)21)14-11-18(22)19-12-7-4-8-13-19/h5-6,9-10H,3-4,7-8,11-14H2,1-2H3. The van der Waals surface area contributed by atoms with Gasteiger partial charge in [0.05, 0.1) is 0 Å². The van der Waals surface area contributed by atoms with Crippen molar-refractivity contribution in [3.05, 3.63) is 29.8 Å². The summed E-state index contributed by atoms with van der Waals surface area (Å²) in [5.74, 6) is 0.160. The SMILES string of the molecule is CCc1ccccc1N(CCC(=O)N1CCCCC1)C(C)=O. The van der Waals surface area contributed by atoms with Crippen LogP contribution in [0.1, 0.15) is 45.1 Å². The zero-order valence-electron chi connectivity index (χ0n) is 13.7. The van der Waals surface area contributed by atoms with Crippen LogP contribution in [0.5, 0.6) is 0 Å². The van der Waals surface area contributed by atoms with Crippen LogP contribution >= 0.6 is 0 Å². The molecular weight excluding hydrogens is 276 g/mol. The van der Waals surface area contributed by atoms with E-state index in [1.807, 2.05) is 29.2 Å². The van der Waals surface area contributed by atoms with Gasteiger partial charge in [0, 0.05) is 38.7 Å². The smallest absolute Gasteiger partial charge is 0.224 e. The van der Waals surface area contributed by atoms with E-state index in [-0.39, 0.29) is 11.8 Å². The number of likely N-dealkylation sites (tertiary alicyclic amines) is 1. The second kappa shape index (κ2) is 7.97. The molecule has 0 bridgehead atoms. The number of para-hydroxylation sites is 1. The molecule has 1 saturated heterocycles. The highest BCUT2D eigenvalue weighted by Crippen LogP contribution is 2.22. The first-order valence-corrected chi connectivity index (χ1v) is 8.27. The molecule has 0 spiro atoms. The number of nitrogens with zero attached hydrogens (tertiary/aromatic N) is 2. The molecule has 1 fully saturated rings. The summed E-state index contributed by atoms with van der Waals surface area (Å²) in [7, 11) is 0. The van der Waals surface area contributed by atoms with E-state index in [2.05, 4.69) is 6.92 Å². The Kier molecular flexibility index (Phi) is 5.99. The Bertz CT molecular complexity index is 522. The molecule has 120 valence electrons. The molecule has 1 heterocycles. The van der Waals surface area contributed by atoms with Gasteiger partial charge in [-0.1, -0.05) is 25.1 Å². The number of rotatable bonds is 5. The third-order valence-corrected chi connectivity index (χ3v) is 4.30. The van der Waals surface area contributed by atoms with Crippen LogP contribution in [0.15, 0.2) is 24.3 Å². The molecule has 1 aliphatic heterocycles. The van der Waals surface area contributed by atoms with Crippen LogP contribution < -0.4 is 4.90 Å². The fourth-order valence-electron chi connectivity index (χ4n) is 3.03. The number of anilines is 1. The maximum atomic E-state index is 12.3. The number of hydrogen-bond donors (Lipinski definition) is 0. The Morgan fingerprint density at radius 3 is 2.45 bits per heavy atom. The predicted octanol–water partition coefficient (Wildman–Crippen LogP) is 3.00. The number of hydrogen-bond acceptors (Lipinski definition) is 2. The van der Waals surface area contributed by atoms with E-state index in [1.165, 1.54) is 6.42 Å². The van der Waals surface area contributed by atoms with Crippen molar-refractivity contribution >= 4 is 17.5 Å². The van der Waals surface area contributed by atoms with Gasteiger partial charge in [-0.15, -0.1) is 0 Å². The summed E-state index contributed by atoms with van der Waals surface area (Å²) in [6, 6.07) is 7.93. The Morgan fingerprint density at radius 2 is 1.82 bits per heavy atom. The molecule has 2 rings (SSSR count). The summed E-state index contributed by atoms with van der Waals surface area (Å²) in [6.45, 7) is 5.84. The van der Waals surface area contributed by atoms with Crippen molar-refractivity contribution in [2.45, 2.75) is 46.0 Å². The molecule has 2 amide bonds. The van der Waals surface area contributed by atoms with E-state index < -0.39 is 0 Å². The van der Waals surface area contributed by atoms with Crippen molar-refractivity contribution in [1.82, 2.24) is 4.90 Å². The van der Waals surface area contributed by atoms with Crippen molar-refractivity contribution in [2.24, 2.45) is 0 Å². The lowest BCUT2D eigenvalue weighted by molar-refractivity contribution is -0.131. The normalized spacial score (nSPS) is 14.7. The average molecular weight is 302 g/mol. The third-order valence-electron chi connectivity index (χ3n) is 4.30. The average Bonchev–Trinajstić information content (AvgIpc) is 2.55. The summed E-state index contributed by atoms with van der Waals surface area (Å²) in [6.07, 6.45) is 4.69. The van der Waals surface area contributed by atoms with E-state index in [1.54, 1.807) is 11.8 Å². The van der Waals surface area contributed by atoms with Gasteiger partial charge in [0.1, 0.15) is 0 Å². The van der Waals surface area contributed by atoms with Crippen LogP contribution in [0.3, 0.4) is 0 Å². The fourth-order valence-corrected chi connectivity index (χ4v) is 3.03. The molecule has 1 aromatic carbocycles. The molecule has 0 aromatic heterocycles. The molecule has 1 aliphatic rings. The largest absolute Gasteiger partial charge is 0.343 e. The van der Waals surface area contributed by atoms with Crippen molar-refractivity contribution in [1.29, 1.82) is 0 Å². The molecule has 4 nitrogen and oxygen atoms in total. The number of carbonyl (C=O) groups is 2. The zero-order chi connectivity index (χ0) is 15.9. The zero-order valence-corrected chi connectivity index (χ0v) is 13.7. The van der Waals surface area contributed by atoms with Gasteiger partial charge in [0.2, 0.25) is 11.8 Å². The van der Waals surface area contributed by atoms with Gasteiger partial charge in [-0.25, -0.2) is 0 Å². The lowest BCUT2D eigenvalue weighted by Gasteiger charge is -2.28. The molecule has 0 aliphatic carbocycles. The van der Waals surface area contributed by atoms with Gasteiger partial charge in [-0.3, -0.25) is 9.59 Å². The van der Waals surface area contributed by atoms with Crippen LogP contribution in [0, 0.1) is 0 Å². The molecule has 0 atom stereocenters. The lowest BCUT2D eigenvalue weighted by Crippen LogP contribution is -2.39. The summed E-state index contributed by atoms with van der Waals surface area (Å²) in [5, 5.41) is 0. The molecular formula is C18H26N2O2. The van der Waals surface area contributed by atoms with Crippen molar-refractivity contribution in [3.63, 3.8) is 0 Å². The Morgan fingerprint density at radius 1 is 1.14 bits per heavy atom. The highest BCUT2D eigenvalue weighted by Gasteiger charge is 2.20. The molecule has 4 heteroatoms.